The summed E-state index contributed by atoms with van der Waals surface area (Å²) in [5.41, 5.74) is 2.89. The monoisotopic (exact) mass is 406 g/mol. The van der Waals surface area contributed by atoms with Crippen LogP contribution < -0.4 is 10.1 Å². The molecule has 0 bridgehead atoms. The molecular weight excluding hydrogens is 384 g/mol. The van der Waals surface area contributed by atoms with Crippen molar-refractivity contribution in [1.82, 2.24) is 0 Å². The number of nitro benzene ring substituents is 1. The van der Waals surface area contributed by atoms with Crippen molar-refractivity contribution in [2.24, 2.45) is 0 Å². The lowest BCUT2D eigenvalue weighted by atomic mass is 10.1. The highest BCUT2D eigenvalue weighted by molar-refractivity contribution is 5.89. The first-order valence-corrected chi connectivity index (χ1v) is 9.52. The second-order valence-electron chi connectivity index (χ2n) is 6.47. The van der Waals surface area contributed by atoms with Crippen LogP contribution in [-0.4, -0.2) is 17.5 Å². The predicted molar refractivity (Wildman–Crippen MR) is 114 cm³/mol. The van der Waals surface area contributed by atoms with E-state index in [1.54, 1.807) is 37.3 Å². The number of hydrogen-bond acceptors (Lipinski definition) is 6. The van der Waals surface area contributed by atoms with Gasteiger partial charge in [-0.15, -0.1) is 0 Å². The van der Waals surface area contributed by atoms with E-state index < -0.39 is 4.92 Å². The Labute approximate surface area is 174 Å². The quantitative estimate of drug-likeness (QED) is 0.307. The SMILES string of the molecule is CCOC(=O)c1ccc(NCc2cc([N+](=O)[O-])ccc2OCc2ccccc2)cc1. The lowest BCUT2D eigenvalue weighted by Crippen LogP contribution is -2.06. The second kappa shape index (κ2) is 10.1. The summed E-state index contributed by atoms with van der Waals surface area (Å²) in [6, 6.07) is 21.1. The third kappa shape index (κ3) is 5.57. The topological polar surface area (TPSA) is 90.7 Å². The Morgan fingerprint density at radius 3 is 2.43 bits per heavy atom. The first-order valence-electron chi connectivity index (χ1n) is 9.52. The molecule has 7 heteroatoms. The predicted octanol–water partition coefficient (Wildman–Crippen LogP) is 4.96. The van der Waals surface area contributed by atoms with Crippen LogP contribution in [0.2, 0.25) is 0 Å². The molecule has 0 heterocycles. The third-order valence-corrected chi connectivity index (χ3v) is 4.37. The van der Waals surface area contributed by atoms with Gasteiger partial charge in [-0.25, -0.2) is 4.79 Å². The molecule has 7 nitrogen and oxygen atoms in total. The number of nitrogens with zero attached hydrogens (tertiary/aromatic N) is 1. The van der Waals surface area contributed by atoms with Gasteiger partial charge in [-0.1, -0.05) is 30.3 Å². The Hall–Kier alpha value is -3.87. The molecule has 0 spiro atoms. The fourth-order valence-electron chi connectivity index (χ4n) is 2.83. The average molecular weight is 406 g/mol. The molecule has 0 saturated carbocycles. The van der Waals surface area contributed by atoms with Crippen LogP contribution in [0.1, 0.15) is 28.4 Å². The van der Waals surface area contributed by atoms with Crippen LogP contribution >= 0.6 is 0 Å². The van der Waals surface area contributed by atoms with Gasteiger partial charge in [0, 0.05) is 29.9 Å². The minimum atomic E-state index is -0.432. The van der Waals surface area contributed by atoms with E-state index in [1.807, 2.05) is 30.3 Å². The number of anilines is 1. The highest BCUT2D eigenvalue weighted by atomic mass is 16.6. The Balaban J connectivity index is 1.72. The lowest BCUT2D eigenvalue weighted by molar-refractivity contribution is -0.384. The van der Waals surface area contributed by atoms with E-state index in [0.717, 1.165) is 11.3 Å². The largest absolute Gasteiger partial charge is 0.489 e. The van der Waals surface area contributed by atoms with E-state index in [4.69, 9.17) is 9.47 Å². The highest BCUT2D eigenvalue weighted by Crippen LogP contribution is 2.26. The van der Waals surface area contributed by atoms with Crippen molar-refractivity contribution in [3.8, 4) is 5.75 Å². The van der Waals surface area contributed by atoms with Crippen molar-refractivity contribution in [3.05, 3.63) is 99.6 Å². The number of nitrogens with one attached hydrogen (secondary N) is 1. The second-order valence-corrected chi connectivity index (χ2v) is 6.47. The van der Waals surface area contributed by atoms with Crippen LogP contribution in [-0.2, 0) is 17.9 Å². The van der Waals surface area contributed by atoms with Gasteiger partial charge in [-0.3, -0.25) is 10.1 Å². The molecule has 0 atom stereocenters. The fourth-order valence-corrected chi connectivity index (χ4v) is 2.83. The molecule has 0 saturated heterocycles. The molecule has 30 heavy (non-hydrogen) atoms. The summed E-state index contributed by atoms with van der Waals surface area (Å²) >= 11 is 0. The number of hydrogen-bond donors (Lipinski definition) is 1. The molecule has 154 valence electrons. The molecule has 3 aromatic carbocycles. The van der Waals surface area contributed by atoms with Gasteiger partial charge in [-0.2, -0.15) is 0 Å². The number of esters is 1. The van der Waals surface area contributed by atoms with E-state index in [9.17, 15) is 14.9 Å². The maximum atomic E-state index is 11.7. The summed E-state index contributed by atoms with van der Waals surface area (Å²) < 4.78 is 10.9. The van der Waals surface area contributed by atoms with Gasteiger partial charge in [0.25, 0.3) is 5.69 Å². The Bertz CT molecular complexity index is 1000. The molecule has 0 unspecified atom stereocenters. The molecule has 0 aliphatic carbocycles. The molecule has 0 aliphatic rings. The van der Waals surface area contributed by atoms with Crippen LogP contribution in [0.25, 0.3) is 0 Å². The number of nitro groups is 1. The molecule has 3 aromatic rings. The smallest absolute Gasteiger partial charge is 0.338 e. The lowest BCUT2D eigenvalue weighted by Gasteiger charge is -2.13. The minimum Gasteiger partial charge on any atom is -0.489 e. The number of carbonyl (C=O) groups excluding carboxylic acids is 1. The first kappa shape index (κ1) is 20.9. The van der Waals surface area contributed by atoms with Crippen LogP contribution in [0.4, 0.5) is 11.4 Å². The van der Waals surface area contributed by atoms with Crippen molar-refractivity contribution < 1.29 is 19.2 Å². The Kier molecular flexibility index (Phi) is 7.00. The van der Waals surface area contributed by atoms with Crippen LogP contribution in [0.5, 0.6) is 5.75 Å². The van der Waals surface area contributed by atoms with Crippen LogP contribution in [0, 0.1) is 10.1 Å². The van der Waals surface area contributed by atoms with Crippen molar-refractivity contribution in [2.75, 3.05) is 11.9 Å². The van der Waals surface area contributed by atoms with E-state index in [1.165, 1.54) is 12.1 Å². The molecule has 0 fully saturated rings. The summed E-state index contributed by atoms with van der Waals surface area (Å²) in [7, 11) is 0. The average Bonchev–Trinajstić information content (AvgIpc) is 2.77. The van der Waals surface area contributed by atoms with Gasteiger partial charge in [0.1, 0.15) is 12.4 Å². The third-order valence-electron chi connectivity index (χ3n) is 4.37. The van der Waals surface area contributed by atoms with Gasteiger partial charge in [0.15, 0.2) is 0 Å². The standard InChI is InChI=1S/C23H22N2O5/c1-2-29-23(26)18-8-10-20(11-9-18)24-15-19-14-21(25(27)28)12-13-22(19)30-16-17-6-4-3-5-7-17/h3-14,24H,2,15-16H2,1H3. The molecule has 3 rings (SSSR count). The number of ether oxygens (including phenoxy) is 2. The number of benzene rings is 3. The number of rotatable bonds is 9. The number of carbonyl (C=O) groups is 1. The van der Waals surface area contributed by atoms with Gasteiger partial charge < -0.3 is 14.8 Å². The van der Waals surface area contributed by atoms with E-state index in [-0.39, 0.29) is 11.7 Å². The van der Waals surface area contributed by atoms with Gasteiger partial charge >= 0.3 is 5.97 Å². The molecule has 1 N–H and O–H groups in total. The molecule has 0 aliphatic heterocycles. The zero-order valence-electron chi connectivity index (χ0n) is 16.5. The van der Waals surface area contributed by atoms with Gasteiger partial charge in [0.05, 0.1) is 17.1 Å². The summed E-state index contributed by atoms with van der Waals surface area (Å²) in [5.74, 6) is 0.194. The van der Waals surface area contributed by atoms with Crippen molar-refractivity contribution in [3.63, 3.8) is 0 Å². The Morgan fingerprint density at radius 1 is 1.03 bits per heavy atom. The summed E-state index contributed by atoms with van der Waals surface area (Å²) in [4.78, 5) is 22.5. The normalized spacial score (nSPS) is 10.3. The summed E-state index contributed by atoms with van der Waals surface area (Å²) in [6.45, 7) is 2.76. The van der Waals surface area contributed by atoms with Gasteiger partial charge in [0.2, 0.25) is 0 Å². The summed E-state index contributed by atoms with van der Waals surface area (Å²) in [5, 5.41) is 14.4. The molecular formula is C23H22N2O5. The van der Waals surface area contributed by atoms with Crippen molar-refractivity contribution in [1.29, 1.82) is 0 Å². The van der Waals surface area contributed by atoms with Crippen LogP contribution in [0.15, 0.2) is 72.8 Å². The highest BCUT2D eigenvalue weighted by Gasteiger charge is 2.12. The maximum Gasteiger partial charge on any atom is 0.338 e. The van der Waals surface area contributed by atoms with E-state index in [2.05, 4.69) is 5.32 Å². The van der Waals surface area contributed by atoms with E-state index in [0.29, 0.717) is 36.6 Å². The minimum absolute atomic E-state index is 0.00322. The fraction of sp³-hybridized carbons (Fsp3) is 0.174. The maximum absolute atomic E-state index is 11.7. The molecule has 0 amide bonds. The van der Waals surface area contributed by atoms with Gasteiger partial charge in [-0.05, 0) is 42.8 Å². The molecule has 0 aromatic heterocycles. The first-order chi connectivity index (χ1) is 14.6. The van der Waals surface area contributed by atoms with Crippen molar-refractivity contribution in [2.45, 2.75) is 20.1 Å². The van der Waals surface area contributed by atoms with Crippen LogP contribution in [0.3, 0.4) is 0 Å². The zero-order valence-corrected chi connectivity index (χ0v) is 16.5. The van der Waals surface area contributed by atoms with E-state index >= 15 is 0 Å². The zero-order chi connectivity index (χ0) is 21.3. The van der Waals surface area contributed by atoms with Crippen molar-refractivity contribution >= 4 is 17.3 Å². The summed E-state index contributed by atoms with van der Waals surface area (Å²) in [6.07, 6.45) is 0. The molecule has 0 radical (unpaired) electrons. The number of non-ortho nitro benzene ring substituents is 1. The Morgan fingerprint density at radius 2 is 1.77 bits per heavy atom.